The van der Waals surface area contributed by atoms with E-state index in [4.69, 9.17) is 4.74 Å². The molecule has 0 aliphatic carbocycles. The number of rotatable bonds is 3. The molecule has 0 unspecified atom stereocenters. The Morgan fingerprint density at radius 3 is 2.80 bits per heavy atom. The predicted molar refractivity (Wildman–Crippen MR) is 91.8 cm³/mol. The molecule has 2 aromatic heterocycles. The number of likely N-dealkylation sites (tertiary alicyclic amines) is 1. The van der Waals surface area contributed by atoms with Crippen LogP contribution >= 0.6 is 0 Å². The van der Waals surface area contributed by atoms with E-state index in [1.807, 2.05) is 22.8 Å². The molecule has 2 saturated heterocycles. The number of H-pyrrole nitrogens is 1. The number of ether oxygens (including phenoxy) is 1. The summed E-state index contributed by atoms with van der Waals surface area (Å²) < 4.78 is 7.84. The third-order valence-electron chi connectivity index (χ3n) is 5.51. The molecule has 0 saturated carbocycles. The van der Waals surface area contributed by atoms with Crippen molar-refractivity contribution in [2.24, 2.45) is 13.0 Å². The zero-order valence-corrected chi connectivity index (χ0v) is 14.6. The van der Waals surface area contributed by atoms with E-state index in [2.05, 4.69) is 21.1 Å². The molecule has 2 atom stereocenters. The Kier molecular flexibility index (Phi) is 4.57. The average molecular weight is 343 g/mol. The minimum Gasteiger partial charge on any atom is -0.369 e. The third-order valence-corrected chi connectivity index (χ3v) is 5.51. The van der Waals surface area contributed by atoms with Gasteiger partial charge in [0, 0.05) is 56.9 Å². The summed E-state index contributed by atoms with van der Waals surface area (Å²) in [5, 5.41) is 4.27. The highest BCUT2D eigenvalue weighted by atomic mass is 16.5. The van der Waals surface area contributed by atoms with Crippen LogP contribution in [0.25, 0.3) is 0 Å². The second-order valence-corrected chi connectivity index (χ2v) is 6.99. The lowest BCUT2D eigenvalue weighted by Crippen LogP contribution is -2.44. The Bertz CT molecular complexity index is 703. The second kappa shape index (κ2) is 7.00. The number of amides is 1. The summed E-state index contributed by atoms with van der Waals surface area (Å²) in [5.41, 5.74) is 1.27. The van der Waals surface area contributed by atoms with Gasteiger partial charge in [-0.1, -0.05) is 0 Å². The number of carbonyl (C=O) groups excluding carboxylic acids is 1. The maximum Gasteiger partial charge on any atom is 0.228 e. The van der Waals surface area contributed by atoms with Gasteiger partial charge < -0.3 is 14.6 Å². The average Bonchev–Trinajstić information content (AvgIpc) is 3.33. The first-order chi connectivity index (χ1) is 12.2. The Balaban J connectivity index is 1.42. The van der Waals surface area contributed by atoms with Gasteiger partial charge in [-0.2, -0.15) is 5.10 Å². The first-order valence-electron chi connectivity index (χ1n) is 9.11. The Hall–Kier alpha value is -2.15. The van der Waals surface area contributed by atoms with Crippen LogP contribution in [0.2, 0.25) is 0 Å². The highest BCUT2D eigenvalue weighted by molar-refractivity contribution is 5.79. The van der Waals surface area contributed by atoms with E-state index >= 15 is 0 Å². The van der Waals surface area contributed by atoms with Gasteiger partial charge >= 0.3 is 0 Å². The van der Waals surface area contributed by atoms with Crippen LogP contribution in [-0.2, 0) is 16.6 Å². The summed E-state index contributed by atoms with van der Waals surface area (Å²) in [7, 11) is 1.99. The summed E-state index contributed by atoms with van der Waals surface area (Å²) in [6.45, 7) is 2.30. The van der Waals surface area contributed by atoms with Crippen LogP contribution in [-0.4, -0.2) is 50.3 Å². The minimum atomic E-state index is -0.244. The van der Waals surface area contributed by atoms with Crippen molar-refractivity contribution in [1.29, 1.82) is 0 Å². The maximum absolute atomic E-state index is 13.1. The number of aromatic amines is 1. The van der Waals surface area contributed by atoms with Crippen LogP contribution in [0.15, 0.2) is 24.7 Å². The van der Waals surface area contributed by atoms with E-state index in [0.717, 1.165) is 44.6 Å². The van der Waals surface area contributed by atoms with Crippen LogP contribution < -0.4 is 0 Å². The standard InChI is InChI=1S/C18H25N5O2/c1-22-15(4-7-21-22)13-5-10-23(11-6-13)18(24)14-3-2-12-25-16(14)17-19-8-9-20-17/h4,7-9,13-14,16H,2-3,5-6,10-12H2,1H3,(H,19,20)/t14-,16-/m1/s1. The summed E-state index contributed by atoms with van der Waals surface area (Å²) in [5.74, 6) is 1.33. The normalized spacial score (nSPS) is 25.2. The molecule has 1 N–H and O–H groups in total. The molecule has 25 heavy (non-hydrogen) atoms. The molecule has 1 amide bonds. The van der Waals surface area contributed by atoms with Crippen molar-refractivity contribution in [3.63, 3.8) is 0 Å². The van der Waals surface area contributed by atoms with Crippen molar-refractivity contribution in [3.05, 3.63) is 36.2 Å². The van der Waals surface area contributed by atoms with E-state index in [0.29, 0.717) is 12.5 Å². The molecule has 2 aliphatic rings. The van der Waals surface area contributed by atoms with Crippen LogP contribution in [0.3, 0.4) is 0 Å². The highest BCUT2D eigenvalue weighted by Crippen LogP contribution is 2.35. The largest absolute Gasteiger partial charge is 0.369 e. The Morgan fingerprint density at radius 2 is 2.12 bits per heavy atom. The van der Waals surface area contributed by atoms with Gasteiger partial charge in [0.15, 0.2) is 0 Å². The lowest BCUT2D eigenvalue weighted by Gasteiger charge is -2.37. The molecular formula is C18H25N5O2. The van der Waals surface area contributed by atoms with Gasteiger partial charge in [0.2, 0.25) is 5.91 Å². The molecule has 4 heterocycles. The first kappa shape index (κ1) is 16.3. The molecule has 2 fully saturated rings. The lowest BCUT2D eigenvalue weighted by molar-refractivity contribution is -0.147. The first-order valence-corrected chi connectivity index (χ1v) is 9.11. The SMILES string of the molecule is Cn1nccc1C1CCN(C(=O)[C@@H]2CCCO[C@H]2c2ncc[nH]2)CC1. The van der Waals surface area contributed by atoms with Gasteiger partial charge in [0.1, 0.15) is 11.9 Å². The minimum absolute atomic E-state index is 0.131. The molecular weight excluding hydrogens is 318 g/mol. The zero-order valence-electron chi connectivity index (χ0n) is 14.6. The predicted octanol–water partition coefficient (Wildman–Crippen LogP) is 2.02. The molecule has 7 nitrogen and oxygen atoms in total. The van der Waals surface area contributed by atoms with E-state index in [9.17, 15) is 4.79 Å². The van der Waals surface area contributed by atoms with E-state index in [1.54, 1.807) is 12.4 Å². The third kappa shape index (κ3) is 3.20. The Labute approximate surface area is 147 Å². The molecule has 7 heteroatoms. The van der Waals surface area contributed by atoms with Gasteiger partial charge in [0.25, 0.3) is 0 Å². The molecule has 4 rings (SSSR count). The summed E-state index contributed by atoms with van der Waals surface area (Å²) in [6, 6.07) is 2.09. The monoisotopic (exact) mass is 343 g/mol. The fraction of sp³-hybridized carbons (Fsp3) is 0.611. The second-order valence-electron chi connectivity index (χ2n) is 6.99. The Morgan fingerprint density at radius 1 is 1.28 bits per heavy atom. The van der Waals surface area contributed by atoms with Crippen molar-refractivity contribution in [2.45, 2.75) is 37.7 Å². The number of nitrogens with one attached hydrogen (secondary N) is 1. The lowest BCUT2D eigenvalue weighted by atomic mass is 9.89. The van der Waals surface area contributed by atoms with E-state index in [-0.39, 0.29) is 17.9 Å². The van der Waals surface area contributed by atoms with Gasteiger partial charge in [-0.3, -0.25) is 9.48 Å². The highest BCUT2D eigenvalue weighted by Gasteiger charge is 2.38. The summed E-state index contributed by atoms with van der Waals surface area (Å²) >= 11 is 0. The van der Waals surface area contributed by atoms with Crippen molar-refractivity contribution < 1.29 is 9.53 Å². The van der Waals surface area contributed by atoms with Gasteiger partial charge in [0.05, 0.1) is 5.92 Å². The fourth-order valence-corrected chi connectivity index (χ4v) is 4.15. The number of piperidine rings is 1. The maximum atomic E-state index is 13.1. The van der Waals surface area contributed by atoms with Crippen LogP contribution in [0.4, 0.5) is 0 Å². The van der Waals surface area contributed by atoms with E-state index < -0.39 is 0 Å². The number of carbonyl (C=O) groups is 1. The van der Waals surface area contributed by atoms with Crippen molar-refractivity contribution in [2.75, 3.05) is 19.7 Å². The number of hydrogen-bond donors (Lipinski definition) is 1. The van der Waals surface area contributed by atoms with Crippen LogP contribution in [0.1, 0.15) is 49.2 Å². The molecule has 0 aromatic carbocycles. The summed E-state index contributed by atoms with van der Waals surface area (Å²) in [4.78, 5) is 22.5. The van der Waals surface area contributed by atoms with Gasteiger partial charge in [-0.15, -0.1) is 0 Å². The van der Waals surface area contributed by atoms with Crippen molar-refractivity contribution in [1.82, 2.24) is 24.6 Å². The number of hydrogen-bond acceptors (Lipinski definition) is 4. The molecule has 2 aliphatic heterocycles. The molecule has 0 radical (unpaired) electrons. The number of aromatic nitrogens is 4. The van der Waals surface area contributed by atoms with Crippen LogP contribution in [0, 0.1) is 5.92 Å². The topological polar surface area (TPSA) is 76.0 Å². The quantitative estimate of drug-likeness (QED) is 0.925. The van der Waals surface area contributed by atoms with Crippen LogP contribution in [0.5, 0.6) is 0 Å². The van der Waals surface area contributed by atoms with Crippen molar-refractivity contribution >= 4 is 5.91 Å². The number of aryl methyl sites for hydroxylation is 1. The zero-order chi connectivity index (χ0) is 17.2. The molecule has 2 aromatic rings. The molecule has 0 spiro atoms. The molecule has 134 valence electrons. The number of imidazole rings is 1. The number of nitrogens with zero attached hydrogens (tertiary/aromatic N) is 4. The fourth-order valence-electron chi connectivity index (χ4n) is 4.15. The van der Waals surface area contributed by atoms with Gasteiger partial charge in [-0.25, -0.2) is 4.98 Å². The van der Waals surface area contributed by atoms with E-state index in [1.165, 1.54) is 5.69 Å². The van der Waals surface area contributed by atoms with Gasteiger partial charge in [-0.05, 0) is 31.7 Å². The smallest absolute Gasteiger partial charge is 0.228 e. The summed E-state index contributed by atoms with van der Waals surface area (Å²) in [6.07, 6.45) is 8.88. The van der Waals surface area contributed by atoms with Crippen molar-refractivity contribution in [3.8, 4) is 0 Å². The molecule has 0 bridgehead atoms.